The van der Waals surface area contributed by atoms with Crippen molar-refractivity contribution in [1.29, 1.82) is 5.26 Å². The minimum atomic E-state index is -0.478. The molecule has 352 valence electrons. The molecule has 2 saturated carbocycles. The smallest absolute Gasteiger partial charge is 0.254 e. The van der Waals surface area contributed by atoms with Crippen molar-refractivity contribution in [3.05, 3.63) is 76.7 Å². The number of ketones is 1. The van der Waals surface area contributed by atoms with Gasteiger partial charge in [0, 0.05) is 73.6 Å². The summed E-state index contributed by atoms with van der Waals surface area (Å²) in [5.74, 6) is 2.42. The molecule has 0 unspecified atom stereocenters. The average molecular weight is 933 g/mol. The summed E-state index contributed by atoms with van der Waals surface area (Å²) in [5, 5.41) is 16.1. The molecular weight excluding hydrogens is 874 g/mol. The van der Waals surface area contributed by atoms with E-state index in [0.717, 1.165) is 31.5 Å². The molecule has 5 aliphatic rings. The molecular formula is C49H58ClN11O6. The van der Waals surface area contributed by atoms with Gasteiger partial charge in [0.15, 0.2) is 11.6 Å². The third kappa shape index (κ3) is 8.48. The van der Waals surface area contributed by atoms with Crippen molar-refractivity contribution in [3.63, 3.8) is 0 Å². The molecule has 1 spiro atoms. The second-order valence-electron chi connectivity index (χ2n) is 19.7. The third-order valence-corrected chi connectivity index (χ3v) is 14.7. The first-order chi connectivity index (χ1) is 32.0. The number of morpholine rings is 1. The van der Waals surface area contributed by atoms with E-state index >= 15 is 0 Å². The lowest BCUT2D eigenvalue weighted by atomic mass is 9.49. The molecule has 2 aliphatic carbocycles. The van der Waals surface area contributed by atoms with Gasteiger partial charge < -0.3 is 39.5 Å². The number of halogens is 1. The number of nitrogens with one attached hydrogen (secondary N) is 2. The Kier molecular flexibility index (Phi) is 12.3. The van der Waals surface area contributed by atoms with Crippen LogP contribution in [0, 0.1) is 22.2 Å². The number of ether oxygens (including phenoxy) is 3. The van der Waals surface area contributed by atoms with Gasteiger partial charge in [-0.3, -0.25) is 19.3 Å². The number of fused-ring (bicyclic) bond motifs is 1. The monoisotopic (exact) mass is 931 g/mol. The highest BCUT2D eigenvalue weighted by Gasteiger charge is 2.64. The van der Waals surface area contributed by atoms with Gasteiger partial charge in [-0.15, -0.1) is 0 Å². The number of hydrogen-bond donors (Lipinski definition) is 2. The van der Waals surface area contributed by atoms with E-state index in [4.69, 9.17) is 30.8 Å². The number of methoxy groups -OCH3 is 1. The summed E-state index contributed by atoms with van der Waals surface area (Å²) < 4.78 is 18.4. The molecule has 9 rings (SSSR count). The van der Waals surface area contributed by atoms with Gasteiger partial charge >= 0.3 is 0 Å². The van der Waals surface area contributed by atoms with Crippen LogP contribution in [0.15, 0.2) is 55.0 Å². The number of rotatable bonds is 13. The van der Waals surface area contributed by atoms with Crippen LogP contribution < -0.4 is 34.8 Å². The van der Waals surface area contributed by atoms with Crippen LogP contribution in [0.25, 0.3) is 0 Å². The summed E-state index contributed by atoms with van der Waals surface area (Å²) in [6, 6.07) is 12.2. The maximum absolute atomic E-state index is 13.6. The lowest BCUT2D eigenvalue weighted by Gasteiger charge is -2.63. The van der Waals surface area contributed by atoms with Crippen LogP contribution in [-0.4, -0.2) is 126 Å². The number of anilines is 5. The molecule has 2 N–H and O–H groups in total. The van der Waals surface area contributed by atoms with Crippen molar-refractivity contribution >= 4 is 58.3 Å². The zero-order valence-electron chi connectivity index (χ0n) is 39.1. The molecule has 0 radical (unpaired) electrons. The Morgan fingerprint density at radius 1 is 0.985 bits per heavy atom. The van der Waals surface area contributed by atoms with Crippen molar-refractivity contribution in [2.45, 2.75) is 96.6 Å². The van der Waals surface area contributed by atoms with E-state index in [1.807, 2.05) is 6.92 Å². The predicted octanol–water partition coefficient (Wildman–Crippen LogP) is 6.43. The highest BCUT2D eigenvalue weighted by atomic mass is 35.5. The molecule has 2 aromatic carbocycles. The molecule has 1 atom stereocenters. The average Bonchev–Trinajstić information content (AvgIpc) is 3.85. The maximum Gasteiger partial charge on any atom is 0.254 e. The van der Waals surface area contributed by atoms with Gasteiger partial charge in [-0.1, -0.05) is 59.1 Å². The van der Waals surface area contributed by atoms with Crippen LogP contribution in [0.4, 0.5) is 29.1 Å². The summed E-state index contributed by atoms with van der Waals surface area (Å²) in [5.41, 5.74) is 1.24. The van der Waals surface area contributed by atoms with Gasteiger partial charge in [0.1, 0.15) is 41.0 Å². The molecule has 4 aromatic rings. The molecule has 4 fully saturated rings. The normalized spacial score (nSPS) is 22.9. The maximum atomic E-state index is 13.6. The molecule has 18 heteroatoms. The van der Waals surface area contributed by atoms with Crippen LogP contribution in [0.1, 0.15) is 93.0 Å². The Hall–Kier alpha value is -6.09. The van der Waals surface area contributed by atoms with E-state index in [-0.39, 0.29) is 48.4 Å². The summed E-state index contributed by atoms with van der Waals surface area (Å²) in [6.07, 6.45) is 9.58. The van der Waals surface area contributed by atoms with Gasteiger partial charge in [0.05, 0.1) is 54.8 Å². The van der Waals surface area contributed by atoms with E-state index < -0.39 is 16.4 Å². The lowest BCUT2D eigenvalue weighted by molar-refractivity contribution is -0.164. The third-order valence-electron chi connectivity index (χ3n) is 14.4. The Morgan fingerprint density at radius 2 is 1.72 bits per heavy atom. The summed E-state index contributed by atoms with van der Waals surface area (Å²) in [6.45, 7) is 13.2. The van der Waals surface area contributed by atoms with E-state index in [2.05, 4.69) is 74.0 Å². The fourth-order valence-corrected chi connectivity index (χ4v) is 11.5. The van der Waals surface area contributed by atoms with Crippen LogP contribution in [0.2, 0.25) is 5.02 Å². The zero-order chi connectivity index (χ0) is 47.4. The Balaban J connectivity index is 0.786. The van der Waals surface area contributed by atoms with Gasteiger partial charge in [-0.2, -0.15) is 10.2 Å². The fraction of sp³-hybridized carbons (Fsp3) is 0.510. The van der Waals surface area contributed by atoms with Gasteiger partial charge in [-0.05, 0) is 49.6 Å². The quantitative estimate of drug-likeness (QED) is 0.139. The van der Waals surface area contributed by atoms with Gasteiger partial charge in [0.2, 0.25) is 17.8 Å². The number of Topliss-reactive ketones (excluding diaryl/α,β-unsaturated/α-hetero) is 1. The Labute approximate surface area is 396 Å². The minimum Gasteiger partial charge on any atom is -0.495 e. The largest absolute Gasteiger partial charge is 0.495 e. The first-order valence-corrected chi connectivity index (χ1v) is 23.4. The van der Waals surface area contributed by atoms with Gasteiger partial charge in [0.25, 0.3) is 5.91 Å². The number of amides is 2. The highest BCUT2D eigenvalue weighted by Crippen LogP contribution is 2.55. The number of aromatic nitrogens is 4. The molecule has 2 amide bonds. The van der Waals surface area contributed by atoms with Crippen LogP contribution in [0.5, 0.6) is 11.5 Å². The van der Waals surface area contributed by atoms with Crippen LogP contribution in [0.3, 0.4) is 0 Å². The minimum absolute atomic E-state index is 0.0481. The standard InChI is InChI=1S/C49H58ClN11O6/c1-8-36-42(64)58(6)37-24-52-45(56-40(37)61(36)32-11-9-10-12-32)55-35-16-14-29(19-39(35)65-7)38(62)25-59-26-49(27-59)28-60(17-18-66-49)46-53-22-31(23-54-46)41(63)57-43-47(2,3)44(48(43,4)5)67-33-15-13-30(21-51)34(50)20-33/h13-16,19-20,22-24,32,36,43-44H,8-12,17-18,25-28H2,1-7H3,(H,57,63)(H,52,55,56)/t36-,43?,44?/m1/s1. The first-order valence-electron chi connectivity index (χ1n) is 23.1. The second-order valence-corrected chi connectivity index (χ2v) is 20.1. The Morgan fingerprint density at radius 3 is 2.39 bits per heavy atom. The Bertz CT molecular complexity index is 2590. The number of nitriles is 1. The first kappa shape index (κ1) is 46.0. The van der Waals surface area contributed by atoms with E-state index in [1.165, 1.54) is 0 Å². The van der Waals surface area contributed by atoms with Crippen molar-refractivity contribution in [2.75, 3.05) is 73.5 Å². The van der Waals surface area contributed by atoms with Crippen LogP contribution in [-0.2, 0) is 9.53 Å². The topological polar surface area (TPSA) is 191 Å². The number of carbonyl (C=O) groups is 3. The van der Waals surface area contributed by atoms with Crippen molar-refractivity contribution in [1.82, 2.24) is 30.2 Å². The summed E-state index contributed by atoms with van der Waals surface area (Å²) in [7, 11) is 3.35. The molecule has 0 bridgehead atoms. The SMILES string of the molecule is CC[C@@H]1C(=O)N(C)c2cnc(Nc3ccc(C(=O)CN4CC5(C4)CN(c4ncc(C(=O)NC6C(C)(C)C(Oc7ccc(C#N)c(Cl)c7)C6(C)C)cn4)CCO5)cc3OC)nc2N1C1CCCC1. The molecule has 5 heterocycles. The zero-order valence-corrected chi connectivity index (χ0v) is 39.9. The number of hydrogen-bond acceptors (Lipinski definition) is 15. The van der Waals surface area contributed by atoms with E-state index in [1.54, 1.807) is 74.0 Å². The molecule has 2 saturated heterocycles. The number of benzene rings is 2. The number of nitrogens with zero attached hydrogens (tertiary/aromatic N) is 9. The predicted molar refractivity (Wildman–Crippen MR) is 254 cm³/mol. The summed E-state index contributed by atoms with van der Waals surface area (Å²) in [4.78, 5) is 67.3. The van der Waals surface area contributed by atoms with Crippen LogP contribution >= 0.6 is 11.6 Å². The molecule has 17 nitrogen and oxygen atoms in total. The van der Waals surface area contributed by atoms with E-state index in [0.29, 0.717) is 95.7 Å². The fourth-order valence-electron chi connectivity index (χ4n) is 11.3. The molecule has 67 heavy (non-hydrogen) atoms. The number of likely N-dealkylation sites (tertiary alicyclic amines) is 1. The lowest BCUT2D eigenvalue weighted by Crippen LogP contribution is -2.74. The van der Waals surface area contributed by atoms with Crippen molar-refractivity contribution in [2.24, 2.45) is 10.8 Å². The second kappa shape index (κ2) is 17.9. The molecule has 2 aromatic heterocycles. The van der Waals surface area contributed by atoms with E-state index in [9.17, 15) is 19.6 Å². The number of likely N-dealkylation sites (N-methyl/N-ethyl adjacent to an activating group) is 1. The number of carbonyl (C=O) groups excluding carboxylic acids is 3. The highest BCUT2D eigenvalue weighted by molar-refractivity contribution is 6.31. The molecule has 3 aliphatic heterocycles. The van der Waals surface area contributed by atoms with Gasteiger partial charge in [-0.25, -0.2) is 15.0 Å². The van der Waals surface area contributed by atoms with Crippen molar-refractivity contribution in [3.8, 4) is 17.6 Å². The van der Waals surface area contributed by atoms with Crippen molar-refractivity contribution < 1.29 is 28.6 Å². The summed E-state index contributed by atoms with van der Waals surface area (Å²) >= 11 is 6.26.